The van der Waals surface area contributed by atoms with Gasteiger partial charge in [-0.2, -0.15) is 0 Å². The summed E-state index contributed by atoms with van der Waals surface area (Å²) < 4.78 is 0. The Kier molecular flexibility index (Phi) is 2.60. The average molecular weight is 220 g/mol. The van der Waals surface area contributed by atoms with Gasteiger partial charge in [-0.3, -0.25) is 4.79 Å². The van der Waals surface area contributed by atoms with Gasteiger partial charge < -0.3 is 4.98 Å². The van der Waals surface area contributed by atoms with Crippen molar-refractivity contribution in [1.82, 2.24) is 4.98 Å². The number of pyridine rings is 1. The van der Waals surface area contributed by atoms with E-state index in [1.165, 1.54) is 6.07 Å². The molecule has 0 spiro atoms. The quantitative estimate of drug-likeness (QED) is 0.774. The first kappa shape index (κ1) is 9.99. The van der Waals surface area contributed by atoms with E-state index in [1.54, 1.807) is 18.2 Å². The molecule has 1 N–H and O–H groups in total. The van der Waals surface area contributed by atoms with Crippen LogP contribution in [0.15, 0.2) is 41.7 Å². The van der Waals surface area contributed by atoms with E-state index >= 15 is 0 Å². The molecule has 0 fully saturated rings. The summed E-state index contributed by atoms with van der Waals surface area (Å²) in [5, 5.41) is 1.68. The molecule has 0 aliphatic heterocycles. The maximum Gasteiger partial charge on any atom is 0.248 e. The Morgan fingerprint density at radius 2 is 2.13 bits per heavy atom. The lowest BCUT2D eigenvalue weighted by Gasteiger charge is -2.05. The van der Waals surface area contributed by atoms with E-state index in [0.29, 0.717) is 11.4 Å². The van der Waals surface area contributed by atoms with Crippen molar-refractivity contribution in [2.24, 2.45) is 0 Å². The van der Waals surface area contributed by atoms with Crippen molar-refractivity contribution in [3.8, 4) is 0 Å². The molecule has 0 aliphatic carbocycles. The predicted molar refractivity (Wildman–Crippen MR) is 63.5 cm³/mol. The lowest BCUT2D eigenvalue weighted by atomic mass is 10.1. The number of benzene rings is 1. The Morgan fingerprint density at radius 1 is 1.33 bits per heavy atom. The minimum Gasteiger partial charge on any atom is -0.322 e. The smallest absolute Gasteiger partial charge is 0.248 e. The molecule has 1 aromatic carbocycles. The van der Waals surface area contributed by atoms with Crippen LogP contribution in [0.3, 0.4) is 0 Å². The van der Waals surface area contributed by atoms with Crippen LogP contribution in [0.2, 0.25) is 5.02 Å². The van der Waals surface area contributed by atoms with Crippen LogP contribution in [0, 0.1) is 0 Å². The van der Waals surface area contributed by atoms with Gasteiger partial charge in [-0.25, -0.2) is 0 Å². The van der Waals surface area contributed by atoms with Crippen LogP contribution in [-0.4, -0.2) is 4.98 Å². The third-order valence-electron chi connectivity index (χ3n) is 2.31. The van der Waals surface area contributed by atoms with Crippen molar-refractivity contribution in [1.29, 1.82) is 0 Å². The summed E-state index contributed by atoms with van der Waals surface area (Å²) in [7, 11) is 0. The van der Waals surface area contributed by atoms with E-state index < -0.39 is 0 Å². The van der Waals surface area contributed by atoms with Gasteiger partial charge in [0.1, 0.15) is 0 Å². The minimum absolute atomic E-state index is 0.102. The number of nitrogens with one attached hydrogen (secondary N) is 1. The van der Waals surface area contributed by atoms with Crippen LogP contribution in [0.5, 0.6) is 0 Å². The molecule has 2 nitrogen and oxygen atoms in total. The molecule has 0 saturated heterocycles. The number of fused-ring (bicyclic) bond motifs is 1. The van der Waals surface area contributed by atoms with Gasteiger partial charge in [0.05, 0.1) is 0 Å². The molecule has 1 heterocycles. The highest BCUT2D eigenvalue weighted by atomic mass is 35.5. The molecule has 3 heteroatoms. The normalized spacial score (nSPS) is 10.5. The lowest BCUT2D eigenvalue weighted by molar-refractivity contribution is 1.26. The van der Waals surface area contributed by atoms with Gasteiger partial charge in [0.15, 0.2) is 0 Å². The zero-order valence-corrected chi connectivity index (χ0v) is 8.84. The summed E-state index contributed by atoms with van der Waals surface area (Å²) in [5.74, 6) is 0. The summed E-state index contributed by atoms with van der Waals surface area (Å²) >= 11 is 6.08. The molecular formula is C12H10ClNO. The monoisotopic (exact) mass is 219 g/mol. The molecule has 0 atom stereocenters. The molecule has 2 aromatic rings. The van der Waals surface area contributed by atoms with Crippen LogP contribution in [0.1, 0.15) is 5.56 Å². The van der Waals surface area contributed by atoms with Crippen molar-refractivity contribution >= 4 is 22.5 Å². The van der Waals surface area contributed by atoms with Gasteiger partial charge in [0, 0.05) is 22.0 Å². The van der Waals surface area contributed by atoms with Gasteiger partial charge in [-0.1, -0.05) is 17.7 Å². The summed E-state index contributed by atoms with van der Waals surface area (Å²) in [5.41, 5.74) is 1.71. The Balaban J connectivity index is 2.81. The molecule has 15 heavy (non-hydrogen) atoms. The molecular weight excluding hydrogens is 210 g/mol. The number of rotatable bonds is 2. The number of aromatic nitrogens is 1. The van der Waals surface area contributed by atoms with E-state index in [4.69, 9.17) is 11.6 Å². The van der Waals surface area contributed by atoms with Gasteiger partial charge in [0.25, 0.3) is 0 Å². The Hall–Kier alpha value is -1.54. The second-order valence-electron chi connectivity index (χ2n) is 3.30. The Morgan fingerprint density at radius 3 is 2.87 bits per heavy atom. The molecule has 0 amide bonds. The first-order valence-corrected chi connectivity index (χ1v) is 5.01. The third-order valence-corrected chi connectivity index (χ3v) is 2.66. The van der Waals surface area contributed by atoms with E-state index in [1.807, 2.05) is 6.07 Å². The molecule has 0 unspecified atom stereocenters. The van der Waals surface area contributed by atoms with Gasteiger partial charge in [-0.15, -0.1) is 6.58 Å². The Bertz CT molecular complexity index is 571. The van der Waals surface area contributed by atoms with Crippen LogP contribution in [-0.2, 0) is 6.42 Å². The largest absolute Gasteiger partial charge is 0.322 e. The molecule has 2 rings (SSSR count). The average Bonchev–Trinajstić information content (AvgIpc) is 2.22. The highest BCUT2D eigenvalue weighted by molar-refractivity contribution is 6.32. The van der Waals surface area contributed by atoms with Crippen LogP contribution < -0.4 is 5.56 Å². The van der Waals surface area contributed by atoms with Crippen molar-refractivity contribution in [3.05, 3.63) is 57.9 Å². The van der Waals surface area contributed by atoms with E-state index in [-0.39, 0.29) is 5.56 Å². The van der Waals surface area contributed by atoms with Gasteiger partial charge in [-0.05, 0) is 30.2 Å². The van der Waals surface area contributed by atoms with Crippen molar-refractivity contribution in [2.45, 2.75) is 6.42 Å². The molecule has 0 saturated carbocycles. The lowest BCUT2D eigenvalue weighted by Crippen LogP contribution is -2.03. The zero-order chi connectivity index (χ0) is 10.8. The third kappa shape index (κ3) is 1.81. The summed E-state index contributed by atoms with van der Waals surface area (Å²) in [6.07, 6.45) is 2.49. The van der Waals surface area contributed by atoms with E-state index in [0.717, 1.165) is 16.5 Å². The molecule has 0 aliphatic rings. The van der Waals surface area contributed by atoms with Crippen molar-refractivity contribution in [2.75, 3.05) is 0 Å². The number of aromatic amines is 1. The second kappa shape index (κ2) is 3.91. The zero-order valence-electron chi connectivity index (χ0n) is 8.09. The topological polar surface area (TPSA) is 32.9 Å². The van der Waals surface area contributed by atoms with E-state index in [9.17, 15) is 4.79 Å². The fourth-order valence-electron chi connectivity index (χ4n) is 1.62. The number of hydrogen-bond acceptors (Lipinski definition) is 1. The summed E-state index contributed by atoms with van der Waals surface area (Å²) in [6.45, 7) is 3.69. The van der Waals surface area contributed by atoms with E-state index in [2.05, 4.69) is 11.6 Å². The van der Waals surface area contributed by atoms with Crippen LogP contribution in [0.4, 0.5) is 0 Å². The number of H-pyrrole nitrogens is 1. The fourth-order valence-corrected chi connectivity index (χ4v) is 1.86. The van der Waals surface area contributed by atoms with Crippen LogP contribution >= 0.6 is 11.6 Å². The SMILES string of the molecule is C=CCc1c(Cl)ccc2[nH]c(=O)ccc12. The van der Waals surface area contributed by atoms with Gasteiger partial charge in [0.2, 0.25) is 5.56 Å². The second-order valence-corrected chi connectivity index (χ2v) is 3.71. The van der Waals surface area contributed by atoms with Crippen molar-refractivity contribution < 1.29 is 0 Å². The van der Waals surface area contributed by atoms with Gasteiger partial charge >= 0.3 is 0 Å². The Labute approximate surface area is 92.2 Å². The maximum absolute atomic E-state index is 11.1. The highest BCUT2D eigenvalue weighted by Gasteiger charge is 2.04. The fraction of sp³-hybridized carbons (Fsp3) is 0.0833. The maximum atomic E-state index is 11.1. The first-order valence-electron chi connectivity index (χ1n) is 4.63. The van der Waals surface area contributed by atoms with Crippen LogP contribution in [0.25, 0.3) is 10.9 Å². The molecule has 1 aromatic heterocycles. The van der Waals surface area contributed by atoms with Crippen molar-refractivity contribution in [3.63, 3.8) is 0 Å². The molecule has 76 valence electrons. The summed E-state index contributed by atoms with van der Waals surface area (Å²) in [6, 6.07) is 6.90. The first-order chi connectivity index (χ1) is 7.22. The number of halogens is 1. The standard InChI is InChI=1S/C12H10ClNO/c1-2-3-8-9-4-7-12(15)14-11(9)6-5-10(8)13/h2,4-7H,1,3H2,(H,14,15). The number of hydrogen-bond donors (Lipinski definition) is 1. The summed E-state index contributed by atoms with van der Waals surface area (Å²) in [4.78, 5) is 13.9. The number of allylic oxidation sites excluding steroid dienone is 1. The minimum atomic E-state index is -0.102. The highest BCUT2D eigenvalue weighted by Crippen LogP contribution is 2.24. The predicted octanol–water partition coefficient (Wildman–Crippen LogP) is 2.91. The molecule has 0 bridgehead atoms. The molecule has 0 radical (unpaired) electrons.